The first-order chi connectivity index (χ1) is 13.3. The summed E-state index contributed by atoms with van der Waals surface area (Å²) in [5.41, 5.74) is 5.55. The number of nitrogens with one attached hydrogen (secondary N) is 1. The van der Waals surface area contributed by atoms with E-state index in [0.29, 0.717) is 5.69 Å². The SMILES string of the molecule is COc1ccc(-c2cc(C(=O)NC(C)Cc3c(C)nn(C)c3C)nn2C)cc1. The van der Waals surface area contributed by atoms with E-state index in [0.717, 1.165) is 34.8 Å². The zero-order chi connectivity index (χ0) is 20.4. The number of carbonyl (C=O) groups is 1. The molecule has 0 saturated heterocycles. The highest BCUT2D eigenvalue weighted by Crippen LogP contribution is 2.23. The van der Waals surface area contributed by atoms with Crippen LogP contribution in [-0.2, 0) is 20.5 Å². The summed E-state index contributed by atoms with van der Waals surface area (Å²) in [7, 11) is 5.41. The Bertz CT molecular complexity index is 985. The highest BCUT2D eigenvalue weighted by Gasteiger charge is 2.18. The first-order valence-corrected chi connectivity index (χ1v) is 9.28. The molecule has 0 aliphatic carbocycles. The molecule has 0 fully saturated rings. The summed E-state index contributed by atoms with van der Waals surface area (Å²) < 4.78 is 8.79. The molecule has 148 valence electrons. The highest BCUT2D eigenvalue weighted by molar-refractivity contribution is 5.93. The Balaban J connectivity index is 1.72. The second-order valence-corrected chi connectivity index (χ2v) is 7.12. The number of aromatic nitrogens is 4. The summed E-state index contributed by atoms with van der Waals surface area (Å²) in [5.74, 6) is 0.612. The number of benzene rings is 1. The highest BCUT2D eigenvalue weighted by atomic mass is 16.5. The van der Waals surface area contributed by atoms with Gasteiger partial charge in [0.05, 0.1) is 18.5 Å². The first kappa shape index (κ1) is 19.7. The summed E-state index contributed by atoms with van der Waals surface area (Å²) in [5, 5.41) is 11.9. The summed E-state index contributed by atoms with van der Waals surface area (Å²) in [6, 6.07) is 9.47. The summed E-state index contributed by atoms with van der Waals surface area (Å²) in [6.45, 7) is 6.04. The maximum absolute atomic E-state index is 12.7. The maximum Gasteiger partial charge on any atom is 0.272 e. The van der Waals surface area contributed by atoms with Crippen LogP contribution in [0.1, 0.15) is 34.4 Å². The average molecular weight is 381 g/mol. The Morgan fingerprint density at radius 3 is 2.39 bits per heavy atom. The maximum atomic E-state index is 12.7. The Kier molecular flexibility index (Phi) is 5.53. The minimum absolute atomic E-state index is 0.0273. The van der Waals surface area contributed by atoms with Crippen LogP contribution in [0.4, 0.5) is 0 Å². The molecular weight excluding hydrogens is 354 g/mol. The standard InChI is InChI=1S/C21H27N5O2/c1-13(11-18-14(2)23-25(4)15(18)3)22-21(27)19-12-20(26(5)24-19)16-7-9-17(28-6)10-8-16/h7-10,12-13H,11H2,1-6H3,(H,22,27). The smallest absolute Gasteiger partial charge is 0.272 e. The molecule has 0 spiro atoms. The lowest BCUT2D eigenvalue weighted by Crippen LogP contribution is -2.34. The Morgan fingerprint density at radius 2 is 1.82 bits per heavy atom. The van der Waals surface area contributed by atoms with Gasteiger partial charge in [-0.25, -0.2) is 0 Å². The summed E-state index contributed by atoms with van der Waals surface area (Å²) >= 11 is 0. The van der Waals surface area contributed by atoms with Gasteiger partial charge in [-0.15, -0.1) is 0 Å². The predicted molar refractivity (Wildman–Crippen MR) is 109 cm³/mol. The minimum atomic E-state index is -0.179. The number of hydrogen-bond acceptors (Lipinski definition) is 4. The number of carbonyl (C=O) groups excluding carboxylic acids is 1. The van der Waals surface area contributed by atoms with E-state index >= 15 is 0 Å². The number of amides is 1. The van der Waals surface area contributed by atoms with Crippen LogP contribution >= 0.6 is 0 Å². The molecule has 0 aliphatic rings. The van der Waals surface area contributed by atoms with Gasteiger partial charge >= 0.3 is 0 Å². The lowest BCUT2D eigenvalue weighted by molar-refractivity contribution is 0.0934. The van der Waals surface area contributed by atoms with E-state index in [1.165, 1.54) is 5.56 Å². The minimum Gasteiger partial charge on any atom is -0.497 e. The second-order valence-electron chi connectivity index (χ2n) is 7.12. The fourth-order valence-corrected chi connectivity index (χ4v) is 3.38. The molecule has 1 unspecified atom stereocenters. The number of aryl methyl sites for hydroxylation is 3. The molecule has 0 bridgehead atoms. The van der Waals surface area contributed by atoms with E-state index in [-0.39, 0.29) is 11.9 Å². The molecule has 0 saturated carbocycles. The van der Waals surface area contributed by atoms with E-state index in [4.69, 9.17) is 4.74 Å². The molecule has 0 aliphatic heterocycles. The molecule has 0 radical (unpaired) electrons. The lowest BCUT2D eigenvalue weighted by atomic mass is 10.1. The fraction of sp³-hybridized carbons (Fsp3) is 0.381. The summed E-state index contributed by atoms with van der Waals surface area (Å²) in [6.07, 6.45) is 0.732. The molecule has 1 N–H and O–H groups in total. The number of rotatable bonds is 6. The van der Waals surface area contributed by atoms with Gasteiger partial charge < -0.3 is 10.1 Å². The molecule has 28 heavy (non-hydrogen) atoms. The van der Waals surface area contributed by atoms with E-state index in [1.54, 1.807) is 11.8 Å². The zero-order valence-corrected chi connectivity index (χ0v) is 17.3. The van der Waals surface area contributed by atoms with Crippen molar-refractivity contribution in [3.8, 4) is 17.0 Å². The monoisotopic (exact) mass is 381 g/mol. The molecular formula is C21H27N5O2. The third-order valence-corrected chi connectivity index (χ3v) is 5.04. The first-order valence-electron chi connectivity index (χ1n) is 9.28. The van der Waals surface area contributed by atoms with E-state index in [9.17, 15) is 4.79 Å². The molecule has 7 nitrogen and oxygen atoms in total. The van der Waals surface area contributed by atoms with Crippen molar-refractivity contribution in [2.45, 2.75) is 33.2 Å². The van der Waals surface area contributed by atoms with Crippen molar-refractivity contribution in [3.05, 3.63) is 53.0 Å². The van der Waals surface area contributed by atoms with Crippen LogP contribution in [0.25, 0.3) is 11.3 Å². The van der Waals surface area contributed by atoms with Crippen LogP contribution in [0.15, 0.2) is 30.3 Å². The number of nitrogens with zero attached hydrogens (tertiary/aromatic N) is 4. The van der Waals surface area contributed by atoms with Crippen LogP contribution in [0.3, 0.4) is 0 Å². The van der Waals surface area contributed by atoms with E-state index in [1.807, 2.05) is 69.9 Å². The number of hydrogen-bond donors (Lipinski definition) is 1. The fourth-order valence-electron chi connectivity index (χ4n) is 3.38. The second kappa shape index (κ2) is 7.88. The number of methoxy groups -OCH3 is 1. The van der Waals surface area contributed by atoms with Crippen molar-refractivity contribution in [3.63, 3.8) is 0 Å². The third kappa shape index (κ3) is 3.93. The van der Waals surface area contributed by atoms with Crippen LogP contribution in [-0.4, -0.2) is 38.6 Å². The van der Waals surface area contributed by atoms with Crippen molar-refractivity contribution in [2.75, 3.05) is 7.11 Å². The lowest BCUT2D eigenvalue weighted by Gasteiger charge is -2.13. The quantitative estimate of drug-likeness (QED) is 0.713. The summed E-state index contributed by atoms with van der Waals surface area (Å²) in [4.78, 5) is 12.7. The van der Waals surface area contributed by atoms with Crippen LogP contribution in [0.5, 0.6) is 5.75 Å². The third-order valence-electron chi connectivity index (χ3n) is 5.04. The van der Waals surface area contributed by atoms with Gasteiger partial charge in [0, 0.05) is 31.4 Å². The average Bonchev–Trinajstić information content (AvgIpc) is 3.17. The Labute approximate surface area is 165 Å². The number of ether oxygens (including phenoxy) is 1. The van der Waals surface area contributed by atoms with Crippen molar-refractivity contribution >= 4 is 5.91 Å². The zero-order valence-electron chi connectivity index (χ0n) is 17.3. The van der Waals surface area contributed by atoms with Gasteiger partial charge in [0.2, 0.25) is 0 Å². The van der Waals surface area contributed by atoms with Crippen LogP contribution < -0.4 is 10.1 Å². The predicted octanol–water partition coefficient (Wildman–Crippen LogP) is 2.81. The van der Waals surface area contributed by atoms with E-state index < -0.39 is 0 Å². The molecule has 2 heterocycles. The van der Waals surface area contributed by atoms with E-state index in [2.05, 4.69) is 15.5 Å². The van der Waals surface area contributed by atoms with Crippen molar-refractivity contribution in [2.24, 2.45) is 14.1 Å². The molecule has 1 aromatic carbocycles. The van der Waals surface area contributed by atoms with Gasteiger partial charge in [0.25, 0.3) is 5.91 Å². The van der Waals surface area contributed by atoms with Crippen molar-refractivity contribution < 1.29 is 9.53 Å². The van der Waals surface area contributed by atoms with Crippen LogP contribution in [0.2, 0.25) is 0 Å². The Morgan fingerprint density at radius 1 is 1.14 bits per heavy atom. The molecule has 3 rings (SSSR count). The van der Waals surface area contributed by atoms with Gasteiger partial charge in [-0.05, 0) is 63.1 Å². The molecule has 1 amide bonds. The largest absolute Gasteiger partial charge is 0.497 e. The van der Waals surface area contributed by atoms with Gasteiger partial charge in [-0.2, -0.15) is 10.2 Å². The molecule has 1 atom stereocenters. The molecule has 7 heteroatoms. The van der Waals surface area contributed by atoms with Gasteiger partial charge in [-0.1, -0.05) is 0 Å². The molecule has 2 aromatic heterocycles. The Hall–Kier alpha value is -3.09. The van der Waals surface area contributed by atoms with Crippen molar-refractivity contribution in [1.29, 1.82) is 0 Å². The van der Waals surface area contributed by atoms with Gasteiger partial charge in [0.1, 0.15) is 5.75 Å². The van der Waals surface area contributed by atoms with Crippen LogP contribution in [0, 0.1) is 13.8 Å². The van der Waals surface area contributed by atoms with Crippen molar-refractivity contribution in [1.82, 2.24) is 24.9 Å². The normalized spacial score (nSPS) is 12.1. The molecule has 3 aromatic rings. The van der Waals surface area contributed by atoms with Gasteiger partial charge in [-0.3, -0.25) is 14.2 Å². The van der Waals surface area contributed by atoms with Gasteiger partial charge in [0.15, 0.2) is 5.69 Å². The topological polar surface area (TPSA) is 74.0 Å².